The van der Waals surface area contributed by atoms with E-state index in [1.165, 1.54) is 12.8 Å². The van der Waals surface area contributed by atoms with Crippen molar-refractivity contribution in [2.24, 2.45) is 13.0 Å². The Bertz CT molecular complexity index is 337. The number of aliphatic hydroxyl groups is 1. The topological polar surface area (TPSA) is 50.1 Å². The first-order chi connectivity index (χ1) is 7.72. The molecule has 3 atom stereocenters. The van der Waals surface area contributed by atoms with Crippen LogP contribution in [-0.4, -0.2) is 27.5 Å². The largest absolute Gasteiger partial charge is 0.385 e. The maximum absolute atomic E-state index is 10.3. The van der Waals surface area contributed by atoms with Crippen LogP contribution < -0.4 is 5.32 Å². The molecule has 0 bridgehead atoms. The Kier molecular flexibility index (Phi) is 3.61. The van der Waals surface area contributed by atoms with Crippen LogP contribution in [0.15, 0.2) is 12.3 Å². The average Bonchev–Trinajstić information content (AvgIpc) is 2.74. The summed E-state index contributed by atoms with van der Waals surface area (Å²) in [6, 6.07) is 2.07. The van der Waals surface area contributed by atoms with E-state index in [2.05, 4.69) is 17.3 Å². The lowest BCUT2D eigenvalue weighted by Crippen LogP contribution is -2.42. The summed E-state index contributed by atoms with van der Waals surface area (Å²) in [6.07, 6.45) is 4.78. The van der Waals surface area contributed by atoms with Crippen LogP contribution in [-0.2, 0) is 7.05 Å². The molecule has 0 amide bonds. The number of piperidine rings is 1. The highest BCUT2D eigenvalue weighted by molar-refractivity contribution is 5.07. The normalized spacial score (nSPS) is 27.9. The smallest absolute Gasteiger partial charge is 0.111 e. The average molecular weight is 223 g/mol. The molecule has 3 unspecified atom stereocenters. The summed E-state index contributed by atoms with van der Waals surface area (Å²) in [7, 11) is 1.87. The molecular weight excluding hydrogens is 202 g/mol. The Morgan fingerprint density at radius 2 is 2.50 bits per heavy atom. The van der Waals surface area contributed by atoms with Crippen molar-refractivity contribution in [3.05, 3.63) is 18.0 Å². The van der Waals surface area contributed by atoms with Gasteiger partial charge in [0.15, 0.2) is 0 Å². The predicted molar refractivity (Wildman–Crippen MR) is 63.0 cm³/mol. The van der Waals surface area contributed by atoms with Crippen LogP contribution in [0.25, 0.3) is 0 Å². The van der Waals surface area contributed by atoms with Gasteiger partial charge in [-0.05, 0) is 31.4 Å². The maximum atomic E-state index is 10.3. The molecule has 0 aromatic carbocycles. The molecule has 1 aliphatic heterocycles. The van der Waals surface area contributed by atoms with Crippen molar-refractivity contribution in [1.29, 1.82) is 0 Å². The van der Waals surface area contributed by atoms with Gasteiger partial charge < -0.3 is 10.4 Å². The summed E-state index contributed by atoms with van der Waals surface area (Å²) >= 11 is 0. The molecule has 0 saturated carbocycles. The first-order valence-corrected chi connectivity index (χ1v) is 6.11. The third-order valence-corrected chi connectivity index (χ3v) is 3.67. The van der Waals surface area contributed by atoms with Gasteiger partial charge in [0.2, 0.25) is 0 Å². The Morgan fingerprint density at radius 3 is 3.12 bits per heavy atom. The van der Waals surface area contributed by atoms with Crippen LogP contribution in [0, 0.1) is 5.92 Å². The van der Waals surface area contributed by atoms with E-state index < -0.39 is 6.10 Å². The summed E-state index contributed by atoms with van der Waals surface area (Å²) in [5.74, 6) is 0.745. The summed E-state index contributed by atoms with van der Waals surface area (Å²) in [4.78, 5) is 0. The van der Waals surface area contributed by atoms with Crippen molar-refractivity contribution >= 4 is 0 Å². The number of aliphatic hydroxyl groups excluding tert-OH is 1. The quantitative estimate of drug-likeness (QED) is 0.810. The lowest BCUT2D eigenvalue weighted by Gasteiger charge is -2.32. The Balaban J connectivity index is 2.04. The van der Waals surface area contributed by atoms with E-state index in [0.717, 1.165) is 24.6 Å². The summed E-state index contributed by atoms with van der Waals surface area (Å²) < 4.78 is 1.75. The summed E-state index contributed by atoms with van der Waals surface area (Å²) in [6.45, 7) is 3.24. The van der Waals surface area contributed by atoms with Crippen LogP contribution in [0.5, 0.6) is 0 Å². The molecule has 1 fully saturated rings. The van der Waals surface area contributed by atoms with Gasteiger partial charge in [0.05, 0.1) is 5.69 Å². The summed E-state index contributed by atoms with van der Waals surface area (Å²) in [5.41, 5.74) is 0.897. The molecule has 0 radical (unpaired) electrons. The van der Waals surface area contributed by atoms with Gasteiger partial charge in [0, 0.05) is 19.3 Å². The van der Waals surface area contributed by atoms with Crippen molar-refractivity contribution in [1.82, 2.24) is 15.1 Å². The van der Waals surface area contributed by atoms with Crippen molar-refractivity contribution in [2.45, 2.75) is 38.3 Å². The second-order valence-corrected chi connectivity index (χ2v) is 4.68. The molecule has 2 heterocycles. The highest BCUT2D eigenvalue weighted by Gasteiger charge is 2.28. The molecule has 1 aliphatic rings. The monoisotopic (exact) mass is 223 g/mol. The van der Waals surface area contributed by atoms with Crippen LogP contribution in [0.2, 0.25) is 0 Å². The molecule has 16 heavy (non-hydrogen) atoms. The zero-order chi connectivity index (χ0) is 11.5. The lowest BCUT2D eigenvalue weighted by atomic mass is 9.87. The van der Waals surface area contributed by atoms with Gasteiger partial charge in [0.1, 0.15) is 6.10 Å². The summed E-state index contributed by atoms with van der Waals surface area (Å²) in [5, 5.41) is 17.8. The maximum Gasteiger partial charge on any atom is 0.111 e. The second kappa shape index (κ2) is 4.97. The van der Waals surface area contributed by atoms with Crippen LogP contribution in [0.4, 0.5) is 0 Å². The first kappa shape index (κ1) is 11.6. The molecule has 0 spiro atoms. The minimum atomic E-state index is -0.443. The molecule has 1 aromatic heterocycles. The molecule has 0 aliphatic carbocycles. The van der Waals surface area contributed by atoms with Gasteiger partial charge in [-0.2, -0.15) is 5.10 Å². The van der Waals surface area contributed by atoms with Crippen molar-refractivity contribution in [3.63, 3.8) is 0 Å². The van der Waals surface area contributed by atoms with E-state index in [9.17, 15) is 5.11 Å². The minimum Gasteiger partial charge on any atom is -0.385 e. The van der Waals surface area contributed by atoms with Crippen molar-refractivity contribution in [2.75, 3.05) is 6.54 Å². The number of nitrogens with one attached hydrogen (secondary N) is 1. The Hall–Kier alpha value is -0.870. The minimum absolute atomic E-state index is 0.175. The number of aryl methyl sites for hydroxylation is 1. The van der Waals surface area contributed by atoms with Crippen molar-refractivity contribution < 1.29 is 5.11 Å². The van der Waals surface area contributed by atoms with Crippen LogP contribution in [0.3, 0.4) is 0 Å². The van der Waals surface area contributed by atoms with Gasteiger partial charge in [-0.1, -0.05) is 13.3 Å². The molecule has 1 aromatic rings. The van der Waals surface area contributed by atoms with Gasteiger partial charge >= 0.3 is 0 Å². The van der Waals surface area contributed by atoms with E-state index in [4.69, 9.17) is 0 Å². The third-order valence-electron chi connectivity index (χ3n) is 3.67. The zero-order valence-electron chi connectivity index (χ0n) is 10.1. The Labute approximate surface area is 96.7 Å². The predicted octanol–water partition coefficient (Wildman–Crippen LogP) is 1.23. The molecule has 2 N–H and O–H groups in total. The highest BCUT2D eigenvalue weighted by atomic mass is 16.3. The van der Waals surface area contributed by atoms with E-state index >= 15 is 0 Å². The first-order valence-electron chi connectivity index (χ1n) is 6.11. The fourth-order valence-electron chi connectivity index (χ4n) is 2.52. The molecule has 90 valence electrons. The van der Waals surface area contributed by atoms with Gasteiger partial charge in [-0.25, -0.2) is 0 Å². The number of nitrogens with zero attached hydrogens (tertiary/aromatic N) is 2. The molecule has 4 nitrogen and oxygen atoms in total. The fourth-order valence-corrected chi connectivity index (χ4v) is 2.52. The third kappa shape index (κ3) is 2.28. The van der Waals surface area contributed by atoms with Gasteiger partial charge in [0.25, 0.3) is 0 Å². The van der Waals surface area contributed by atoms with E-state index in [-0.39, 0.29) is 6.04 Å². The second-order valence-electron chi connectivity index (χ2n) is 4.68. The number of rotatable bonds is 3. The fraction of sp³-hybridized carbons (Fsp3) is 0.750. The number of hydrogen-bond donors (Lipinski definition) is 2. The number of aromatic nitrogens is 2. The zero-order valence-corrected chi connectivity index (χ0v) is 10.1. The molecule has 4 heteroatoms. The van der Waals surface area contributed by atoms with E-state index in [1.807, 2.05) is 13.1 Å². The van der Waals surface area contributed by atoms with E-state index in [1.54, 1.807) is 10.9 Å². The van der Waals surface area contributed by atoms with Crippen LogP contribution >= 0.6 is 0 Å². The highest BCUT2D eigenvalue weighted by Crippen LogP contribution is 2.27. The van der Waals surface area contributed by atoms with Crippen LogP contribution in [0.1, 0.15) is 38.0 Å². The molecule has 1 saturated heterocycles. The van der Waals surface area contributed by atoms with E-state index in [0.29, 0.717) is 0 Å². The SMILES string of the molecule is CCC1CCNC(C(O)c2ccnn2C)C1. The lowest BCUT2D eigenvalue weighted by molar-refractivity contribution is 0.0911. The number of hydrogen-bond acceptors (Lipinski definition) is 3. The van der Waals surface area contributed by atoms with Crippen molar-refractivity contribution in [3.8, 4) is 0 Å². The molecule has 2 rings (SSSR count). The molecular formula is C12H21N3O. The standard InChI is InChI=1S/C12H21N3O/c1-3-9-4-6-13-10(8-9)12(16)11-5-7-14-15(11)2/h5,7,9-10,12-13,16H,3-4,6,8H2,1-2H3. The van der Waals surface area contributed by atoms with Gasteiger partial charge in [-0.3, -0.25) is 4.68 Å². The van der Waals surface area contributed by atoms with Gasteiger partial charge in [-0.15, -0.1) is 0 Å². The Morgan fingerprint density at radius 1 is 1.69 bits per heavy atom.